The lowest BCUT2D eigenvalue weighted by atomic mass is 10.0. The smallest absolute Gasteiger partial charge is 0.289 e. The van der Waals surface area contributed by atoms with Crippen LogP contribution in [-0.4, -0.2) is 27.4 Å². The van der Waals surface area contributed by atoms with E-state index in [4.69, 9.17) is 4.74 Å². The van der Waals surface area contributed by atoms with E-state index in [1.807, 2.05) is 84.9 Å². The zero-order valence-corrected chi connectivity index (χ0v) is 18.7. The number of benzene rings is 4. The highest BCUT2D eigenvalue weighted by atomic mass is 16.5. The summed E-state index contributed by atoms with van der Waals surface area (Å²) in [5.41, 5.74) is 5.77. The molecule has 0 bridgehead atoms. The number of H-pyrrole nitrogens is 1. The van der Waals surface area contributed by atoms with Crippen molar-refractivity contribution in [3.63, 3.8) is 0 Å². The van der Waals surface area contributed by atoms with Crippen LogP contribution in [0.4, 0.5) is 0 Å². The lowest BCUT2D eigenvalue weighted by molar-refractivity contribution is 0.0950. The molecule has 0 atom stereocenters. The monoisotopic (exact) mass is 462 g/mol. The molecule has 0 radical (unpaired) electrons. The van der Waals surface area contributed by atoms with E-state index in [0.29, 0.717) is 23.6 Å². The lowest BCUT2D eigenvalue weighted by Crippen LogP contribution is -2.18. The highest BCUT2D eigenvalue weighted by molar-refractivity contribution is 6.03. The summed E-state index contributed by atoms with van der Waals surface area (Å²) in [7, 11) is 0. The topological polar surface area (TPSA) is 99.6 Å². The number of carbonyl (C=O) groups is 1. The molecule has 0 fully saturated rings. The fraction of sp³-hybridized carbons (Fsp3) is 0.0357. The van der Waals surface area contributed by atoms with E-state index in [2.05, 4.69) is 20.7 Å². The van der Waals surface area contributed by atoms with Crippen molar-refractivity contribution in [1.82, 2.24) is 15.6 Å². The van der Waals surface area contributed by atoms with Crippen molar-refractivity contribution in [2.24, 2.45) is 5.10 Å². The molecule has 35 heavy (non-hydrogen) atoms. The fourth-order valence-electron chi connectivity index (χ4n) is 3.71. The maximum atomic E-state index is 12.6. The Labute approximate surface area is 201 Å². The molecule has 4 aromatic carbocycles. The number of hydrazone groups is 1. The molecule has 3 N–H and O–H groups in total. The number of amides is 1. The van der Waals surface area contributed by atoms with Crippen molar-refractivity contribution in [3.05, 3.63) is 114 Å². The molecule has 0 aliphatic heterocycles. The summed E-state index contributed by atoms with van der Waals surface area (Å²) >= 11 is 0. The number of hydrogen-bond donors (Lipinski definition) is 3. The lowest BCUT2D eigenvalue weighted by Gasteiger charge is -2.07. The zero-order valence-electron chi connectivity index (χ0n) is 18.7. The Balaban J connectivity index is 1.26. The normalized spacial score (nSPS) is 11.1. The van der Waals surface area contributed by atoms with Crippen LogP contribution in [-0.2, 0) is 6.61 Å². The van der Waals surface area contributed by atoms with Crippen LogP contribution in [0.5, 0.6) is 11.5 Å². The summed E-state index contributed by atoms with van der Waals surface area (Å²) < 4.78 is 5.89. The summed E-state index contributed by atoms with van der Waals surface area (Å²) in [4.78, 5) is 12.6. The van der Waals surface area contributed by atoms with Crippen molar-refractivity contribution in [2.45, 2.75) is 6.61 Å². The molecular formula is C28H22N4O3. The second kappa shape index (κ2) is 9.93. The van der Waals surface area contributed by atoms with Crippen molar-refractivity contribution < 1.29 is 14.6 Å². The first-order valence-electron chi connectivity index (χ1n) is 11.0. The van der Waals surface area contributed by atoms with Crippen LogP contribution >= 0.6 is 0 Å². The molecule has 0 unspecified atom stereocenters. The summed E-state index contributed by atoms with van der Waals surface area (Å²) in [5.74, 6) is 0.343. The van der Waals surface area contributed by atoms with Gasteiger partial charge in [0.05, 0.1) is 11.9 Å². The summed E-state index contributed by atoms with van der Waals surface area (Å²) in [6.07, 6.45) is 1.43. The number of carbonyl (C=O) groups excluding carboxylic acids is 1. The molecule has 1 aromatic heterocycles. The standard InChI is InChI=1S/C28H22N4O3/c33-27-14-13-20-9-4-5-12-23(20)24(27)17-29-32-28(34)26-16-25(30-31-26)21-10-6-11-22(15-21)35-18-19-7-2-1-3-8-19/h1-17,33H,18H2,(H,30,31)(H,32,34)/b29-17+. The van der Waals surface area contributed by atoms with Crippen molar-refractivity contribution in [2.75, 3.05) is 0 Å². The third-order valence-corrected chi connectivity index (χ3v) is 5.51. The van der Waals surface area contributed by atoms with Crippen LogP contribution in [0.3, 0.4) is 0 Å². The van der Waals surface area contributed by atoms with Gasteiger partial charge in [0.25, 0.3) is 5.91 Å². The van der Waals surface area contributed by atoms with E-state index in [1.165, 1.54) is 6.21 Å². The Morgan fingerprint density at radius 2 is 1.80 bits per heavy atom. The largest absolute Gasteiger partial charge is 0.507 e. The van der Waals surface area contributed by atoms with Crippen molar-refractivity contribution in [1.29, 1.82) is 0 Å². The molecule has 5 rings (SSSR count). The highest BCUT2D eigenvalue weighted by Crippen LogP contribution is 2.26. The number of fused-ring (bicyclic) bond motifs is 1. The molecular weight excluding hydrogens is 440 g/mol. The minimum absolute atomic E-state index is 0.0832. The summed E-state index contributed by atoms with van der Waals surface area (Å²) in [6, 6.07) is 30.2. The van der Waals surface area contributed by atoms with Crippen LogP contribution in [0, 0.1) is 0 Å². The Bertz CT molecular complexity index is 1510. The van der Waals surface area contributed by atoms with Gasteiger partial charge in [-0.3, -0.25) is 9.89 Å². The van der Waals surface area contributed by atoms with Crippen LogP contribution < -0.4 is 10.2 Å². The quantitative estimate of drug-likeness (QED) is 0.226. The third-order valence-electron chi connectivity index (χ3n) is 5.51. The molecule has 1 heterocycles. The van der Waals surface area contributed by atoms with Crippen LogP contribution in [0.15, 0.2) is 102 Å². The van der Waals surface area contributed by atoms with Gasteiger partial charge in [-0.05, 0) is 40.6 Å². The van der Waals surface area contributed by atoms with E-state index in [0.717, 1.165) is 21.9 Å². The Morgan fingerprint density at radius 1 is 0.971 bits per heavy atom. The molecule has 0 spiro atoms. The molecule has 172 valence electrons. The Morgan fingerprint density at radius 3 is 2.69 bits per heavy atom. The predicted octanol–water partition coefficient (Wildman–Crippen LogP) is 5.28. The van der Waals surface area contributed by atoms with Gasteiger partial charge in [0.1, 0.15) is 23.8 Å². The average molecular weight is 463 g/mol. The van der Waals surface area contributed by atoms with Crippen LogP contribution in [0.2, 0.25) is 0 Å². The van der Waals surface area contributed by atoms with E-state index >= 15 is 0 Å². The van der Waals surface area contributed by atoms with Gasteiger partial charge >= 0.3 is 0 Å². The molecule has 7 heteroatoms. The van der Waals surface area contributed by atoms with E-state index in [1.54, 1.807) is 12.1 Å². The average Bonchev–Trinajstić information content (AvgIpc) is 3.40. The van der Waals surface area contributed by atoms with Gasteiger partial charge < -0.3 is 9.84 Å². The number of ether oxygens (including phenoxy) is 1. The molecule has 0 aliphatic carbocycles. The van der Waals surface area contributed by atoms with Crippen molar-refractivity contribution >= 4 is 22.9 Å². The first-order valence-corrected chi connectivity index (χ1v) is 11.0. The van der Waals surface area contributed by atoms with Gasteiger partial charge in [0.2, 0.25) is 0 Å². The summed E-state index contributed by atoms with van der Waals surface area (Å²) in [6.45, 7) is 0.461. The van der Waals surface area contributed by atoms with E-state index < -0.39 is 5.91 Å². The fourth-order valence-corrected chi connectivity index (χ4v) is 3.71. The van der Waals surface area contributed by atoms with E-state index in [9.17, 15) is 9.90 Å². The van der Waals surface area contributed by atoms with Gasteiger partial charge in [-0.25, -0.2) is 5.43 Å². The number of aromatic nitrogens is 2. The molecule has 5 aromatic rings. The number of nitrogens with zero attached hydrogens (tertiary/aromatic N) is 2. The number of rotatable bonds is 7. The Kier molecular flexibility index (Phi) is 6.21. The highest BCUT2D eigenvalue weighted by Gasteiger charge is 2.12. The second-order valence-corrected chi connectivity index (χ2v) is 7.89. The van der Waals surface area contributed by atoms with Crippen LogP contribution in [0.25, 0.3) is 22.0 Å². The number of aromatic hydroxyl groups is 1. The number of hydrogen-bond acceptors (Lipinski definition) is 5. The molecule has 7 nitrogen and oxygen atoms in total. The maximum absolute atomic E-state index is 12.6. The number of phenolic OH excluding ortho intramolecular Hbond substituents is 1. The van der Waals surface area contributed by atoms with Crippen molar-refractivity contribution in [3.8, 4) is 22.8 Å². The first kappa shape index (κ1) is 21.9. The number of phenols is 1. The minimum Gasteiger partial charge on any atom is -0.507 e. The maximum Gasteiger partial charge on any atom is 0.289 e. The number of aromatic amines is 1. The van der Waals surface area contributed by atoms with Gasteiger partial charge in [0.15, 0.2) is 0 Å². The second-order valence-electron chi connectivity index (χ2n) is 7.89. The van der Waals surface area contributed by atoms with Gasteiger partial charge in [-0.1, -0.05) is 72.8 Å². The predicted molar refractivity (Wildman–Crippen MR) is 135 cm³/mol. The van der Waals surface area contributed by atoms with E-state index in [-0.39, 0.29) is 11.4 Å². The molecule has 0 aliphatic rings. The van der Waals surface area contributed by atoms with Gasteiger partial charge in [-0.2, -0.15) is 10.2 Å². The summed E-state index contributed by atoms with van der Waals surface area (Å²) in [5, 5.41) is 23.0. The number of nitrogens with one attached hydrogen (secondary N) is 2. The van der Waals surface area contributed by atoms with Gasteiger partial charge in [-0.15, -0.1) is 0 Å². The molecule has 0 saturated carbocycles. The zero-order chi connectivity index (χ0) is 24.0. The van der Waals surface area contributed by atoms with Crippen LogP contribution in [0.1, 0.15) is 21.6 Å². The SMILES string of the molecule is O=C(N/N=C/c1c(O)ccc2ccccc12)c1cc(-c2cccc(OCc3ccccc3)c2)n[nH]1. The minimum atomic E-state index is -0.448. The third kappa shape index (κ3) is 5.04. The Hall–Kier alpha value is -4.91. The first-order chi connectivity index (χ1) is 17.2. The molecule has 0 saturated heterocycles. The molecule has 1 amide bonds. The van der Waals surface area contributed by atoms with Gasteiger partial charge in [0, 0.05) is 11.1 Å².